The Morgan fingerprint density at radius 1 is 1.05 bits per heavy atom. The molecular weight excluding hydrogens is 288 g/mol. The highest BCUT2D eigenvalue weighted by atomic mass is 17.2. The molecule has 8 nitrogen and oxygen atoms in total. The van der Waals surface area contributed by atoms with E-state index in [0.29, 0.717) is 19.4 Å². The lowest BCUT2D eigenvalue weighted by molar-refractivity contribution is -0.260. The van der Waals surface area contributed by atoms with Gasteiger partial charge in [-0.05, 0) is 19.3 Å². The molecule has 0 fully saturated rings. The molecule has 0 aromatic carbocycles. The Morgan fingerprint density at radius 3 is 2.36 bits per heavy atom. The van der Waals surface area contributed by atoms with E-state index < -0.39 is 18.0 Å². The van der Waals surface area contributed by atoms with Gasteiger partial charge in [-0.3, -0.25) is 4.99 Å². The fraction of sp³-hybridized carbons (Fsp3) is 0.786. The Hall–Kier alpha value is -1.83. The van der Waals surface area contributed by atoms with Crippen LogP contribution in [0.5, 0.6) is 0 Å². The van der Waals surface area contributed by atoms with E-state index in [0.717, 1.165) is 32.1 Å². The second-order valence-corrected chi connectivity index (χ2v) is 5.08. The lowest BCUT2D eigenvalue weighted by atomic mass is 10.1. The van der Waals surface area contributed by atoms with Crippen LogP contribution in [0.4, 0.5) is 0 Å². The van der Waals surface area contributed by atoms with E-state index >= 15 is 0 Å². The zero-order chi connectivity index (χ0) is 16.8. The topological polar surface area (TPSA) is 143 Å². The average molecular weight is 316 g/mol. The van der Waals surface area contributed by atoms with Gasteiger partial charge in [0.25, 0.3) is 0 Å². The lowest BCUT2D eigenvalue weighted by Gasteiger charge is -2.09. The maximum atomic E-state index is 11.5. The van der Waals surface area contributed by atoms with Crippen molar-refractivity contribution < 1.29 is 19.4 Å². The van der Waals surface area contributed by atoms with Gasteiger partial charge in [-0.1, -0.05) is 32.6 Å². The molecule has 0 aliphatic rings. The second-order valence-electron chi connectivity index (χ2n) is 5.08. The first-order chi connectivity index (χ1) is 10.5. The summed E-state index contributed by atoms with van der Waals surface area (Å²) in [6.45, 7) is 2.50. The van der Waals surface area contributed by atoms with Crippen LogP contribution in [0.25, 0.3) is 0 Å². The summed E-state index contributed by atoms with van der Waals surface area (Å²) in [6, 6.07) is -0.869. The van der Waals surface area contributed by atoms with Crippen LogP contribution in [0.3, 0.4) is 0 Å². The molecule has 0 saturated carbocycles. The first kappa shape index (κ1) is 20.2. The number of rotatable bonds is 11. The maximum Gasteiger partial charge on any atom is 0.372 e. The minimum atomic E-state index is -0.869. The molecule has 6 N–H and O–H groups in total. The summed E-state index contributed by atoms with van der Waals surface area (Å²) in [7, 11) is 0. The molecule has 0 rings (SSSR count). The minimum Gasteiger partial charge on any atom is -0.370 e. The molecule has 0 aromatic rings. The molecule has 22 heavy (non-hydrogen) atoms. The lowest BCUT2D eigenvalue weighted by Crippen LogP contribution is -2.33. The van der Waals surface area contributed by atoms with E-state index in [4.69, 9.17) is 17.2 Å². The van der Waals surface area contributed by atoms with Crippen LogP contribution in [0.2, 0.25) is 0 Å². The van der Waals surface area contributed by atoms with E-state index in [9.17, 15) is 9.59 Å². The molecule has 0 saturated heterocycles. The summed E-state index contributed by atoms with van der Waals surface area (Å²) in [4.78, 5) is 35.5. The van der Waals surface area contributed by atoms with Crippen molar-refractivity contribution in [2.45, 2.75) is 64.3 Å². The highest BCUT2D eigenvalue weighted by Gasteiger charge is 2.17. The number of carbonyl (C=O) groups excluding carboxylic acids is 2. The SMILES string of the molecule is CCCCCCCC(=O)OOC(=O)C(N)CCCN=C(N)N. The van der Waals surface area contributed by atoms with Crippen LogP contribution in [-0.2, 0) is 19.4 Å². The number of nitrogens with two attached hydrogens (primary N) is 3. The van der Waals surface area contributed by atoms with E-state index in [1.165, 1.54) is 0 Å². The molecule has 1 atom stereocenters. The molecule has 0 spiro atoms. The highest BCUT2D eigenvalue weighted by molar-refractivity contribution is 5.77. The van der Waals surface area contributed by atoms with E-state index in [1.807, 2.05) is 0 Å². The van der Waals surface area contributed by atoms with Gasteiger partial charge in [0.15, 0.2) is 5.96 Å². The largest absolute Gasteiger partial charge is 0.372 e. The number of hydrogen-bond donors (Lipinski definition) is 3. The summed E-state index contributed by atoms with van der Waals surface area (Å²) in [5.41, 5.74) is 15.9. The highest BCUT2D eigenvalue weighted by Crippen LogP contribution is 2.06. The zero-order valence-corrected chi connectivity index (χ0v) is 13.3. The second kappa shape index (κ2) is 12.9. The summed E-state index contributed by atoms with van der Waals surface area (Å²) < 4.78 is 0. The van der Waals surface area contributed by atoms with Gasteiger partial charge in [0.05, 0.1) is 6.42 Å². The minimum absolute atomic E-state index is 0.0102. The van der Waals surface area contributed by atoms with Crippen molar-refractivity contribution >= 4 is 17.9 Å². The Morgan fingerprint density at radius 2 is 1.73 bits per heavy atom. The van der Waals surface area contributed by atoms with Crippen LogP contribution >= 0.6 is 0 Å². The van der Waals surface area contributed by atoms with Crippen molar-refractivity contribution in [3.05, 3.63) is 0 Å². The Labute approximate surface area is 131 Å². The summed E-state index contributed by atoms with van der Waals surface area (Å²) >= 11 is 0. The molecule has 0 aliphatic heterocycles. The van der Waals surface area contributed by atoms with Crippen molar-refractivity contribution in [2.24, 2.45) is 22.2 Å². The van der Waals surface area contributed by atoms with Gasteiger partial charge in [0.2, 0.25) is 0 Å². The molecule has 0 aliphatic carbocycles. The third-order valence-corrected chi connectivity index (χ3v) is 2.97. The van der Waals surface area contributed by atoms with E-state index in [-0.39, 0.29) is 12.4 Å². The zero-order valence-electron chi connectivity index (χ0n) is 13.3. The molecule has 0 bridgehead atoms. The van der Waals surface area contributed by atoms with Crippen molar-refractivity contribution in [1.29, 1.82) is 0 Å². The third-order valence-electron chi connectivity index (χ3n) is 2.97. The molecule has 8 heteroatoms. The number of unbranched alkanes of at least 4 members (excludes halogenated alkanes) is 4. The number of carbonyl (C=O) groups is 2. The monoisotopic (exact) mass is 316 g/mol. The molecule has 0 heterocycles. The quantitative estimate of drug-likeness (QED) is 0.167. The third kappa shape index (κ3) is 12.0. The number of nitrogens with zero attached hydrogens (tertiary/aromatic N) is 1. The predicted molar refractivity (Wildman–Crippen MR) is 83.4 cm³/mol. The van der Waals surface area contributed by atoms with Gasteiger partial charge in [-0.25, -0.2) is 19.4 Å². The molecule has 128 valence electrons. The van der Waals surface area contributed by atoms with Gasteiger partial charge in [0, 0.05) is 6.54 Å². The van der Waals surface area contributed by atoms with Crippen molar-refractivity contribution in [2.75, 3.05) is 6.54 Å². The van der Waals surface area contributed by atoms with Gasteiger partial charge in [0.1, 0.15) is 6.04 Å². The summed E-state index contributed by atoms with van der Waals surface area (Å²) in [6.07, 6.45) is 6.16. The first-order valence-electron chi connectivity index (χ1n) is 7.69. The normalized spacial score (nSPS) is 11.5. The fourth-order valence-electron chi connectivity index (χ4n) is 1.70. The van der Waals surface area contributed by atoms with E-state index in [2.05, 4.69) is 21.7 Å². The predicted octanol–water partition coefficient (Wildman–Crippen LogP) is 0.729. The Kier molecular flexibility index (Phi) is 11.8. The number of aliphatic imine (C=N–C) groups is 1. The molecule has 0 amide bonds. The van der Waals surface area contributed by atoms with Crippen molar-refractivity contribution in [3.63, 3.8) is 0 Å². The smallest absolute Gasteiger partial charge is 0.370 e. The van der Waals surface area contributed by atoms with Crippen molar-refractivity contribution in [3.8, 4) is 0 Å². The van der Waals surface area contributed by atoms with Crippen LogP contribution in [0, 0.1) is 0 Å². The summed E-state index contributed by atoms with van der Waals surface area (Å²) in [5.74, 6) is -1.34. The summed E-state index contributed by atoms with van der Waals surface area (Å²) in [5, 5.41) is 0. The number of hydrogen-bond acceptors (Lipinski definition) is 6. The van der Waals surface area contributed by atoms with Crippen LogP contribution in [-0.4, -0.2) is 30.5 Å². The molecule has 0 aromatic heterocycles. The molecule has 1 unspecified atom stereocenters. The van der Waals surface area contributed by atoms with Crippen LogP contribution in [0.1, 0.15) is 58.3 Å². The number of guanidine groups is 1. The van der Waals surface area contributed by atoms with Gasteiger partial charge >= 0.3 is 11.9 Å². The standard InChI is InChI=1S/C14H28N4O4/c1-2-3-4-5-6-9-12(19)21-22-13(20)11(15)8-7-10-18-14(16)17/h11H,2-10,15H2,1H3,(H4,16,17,18). The molecule has 0 radical (unpaired) electrons. The van der Waals surface area contributed by atoms with Gasteiger partial charge < -0.3 is 17.2 Å². The van der Waals surface area contributed by atoms with Crippen LogP contribution < -0.4 is 17.2 Å². The molecular formula is C14H28N4O4. The van der Waals surface area contributed by atoms with E-state index in [1.54, 1.807) is 0 Å². The Bertz CT molecular complexity index is 357. The Balaban J connectivity index is 3.69. The fourth-order valence-corrected chi connectivity index (χ4v) is 1.70. The average Bonchev–Trinajstić information content (AvgIpc) is 2.48. The van der Waals surface area contributed by atoms with Crippen molar-refractivity contribution in [1.82, 2.24) is 0 Å². The van der Waals surface area contributed by atoms with Gasteiger partial charge in [-0.2, -0.15) is 0 Å². The van der Waals surface area contributed by atoms with Crippen LogP contribution in [0.15, 0.2) is 4.99 Å². The maximum absolute atomic E-state index is 11.5. The first-order valence-corrected chi connectivity index (χ1v) is 7.69. The van der Waals surface area contributed by atoms with Gasteiger partial charge in [-0.15, -0.1) is 0 Å².